The minimum absolute atomic E-state index is 0.00904. The summed E-state index contributed by atoms with van der Waals surface area (Å²) in [6.45, 7) is 29.0. The second-order valence-electron chi connectivity index (χ2n) is 38.0. The lowest BCUT2D eigenvalue weighted by Gasteiger charge is -2.53. The Morgan fingerprint density at radius 2 is 0.977 bits per heavy atom. The number of Topliss-reactive ketones (excluding diaryl/α,β-unsaturated/α-hetero) is 3. The van der Waals surface area contributed by atoms with Crippen molar-refractivity contribution in [1.29, 1.82) is 0 Å². The van der Waals surface area contributed by atoms with E-state index >= 15 is 4.39 Å². The van der Waals surface area contributed by atoms with E-state index in [0.29, 0.717) is 84.7 Å². The van der Waals surface area contributed by atoms with Crippen molar-refractivity contribution in [2.45, 2.75) is 238 Å². The number of halogens is 7. The molecule has 5 aliphatic rings. The minimum atomic E-state index is -3.57. The molecule has 4 fully saturated rings. The number of hydrogen-bond donors (Lipinski definition) is 4. The van der Waals surface area contributed by atoms with E-state index in [-0.39, 0.29) is 117 Å². The minimum Gasteiger partial charge on any atom is -0.330 e. The van der Waals surface area contributed by atoms with Gasteiger partial charge in [-0.1, -0.05) is 239 Å². The molecule has 0 bridgehead atoms. The van der Waals surface area contributed by atoms with Gasteiger partial charge in [0, 0.05) is 108 Å². The van der Waals surface area contributed by atoms with Gasteiger partial charge < -0.3 is 25.8 Å². The number of benzene rings is 7. The number of pyridine rings is 1. The summed E-state index contributed by atoms with van der Waals surface area (Å²) in [4.78, 5) is 117. The van der Waals surface area contributed by atoms with E-state index in [0.717, 1.165) is 41.5 Å². The van der Waals surface area contributed by atoms with Crippen molar-refractivity contribution in [3.8, 4) is 0 Å². The maximum absolute atomic E-state index is 16.0. The molecule has 7 aromatic carbocycles. The van der Waals surface area contributed by atoms with E-state index in [1.165, 1.54) is 12.3 Å². The van der Waals surface area contributed by atoms with E-state index in [9.17, 15) is 55.2 Å². The molecule has 5 amide bonds. The van der Waals surface area contributed by atoms with Crippen LogP contribution in [-0.2, 0) is 53.9 Å². The highest BCUT2D eigenvalue weighted by molar-refractivity contribution is 7.92. The Balaban J connectivity index is 0.000000188. The Bertz CT molecular complexity index is 5720. The van der Waals surface area contributed by atoms with Crippen molar-refractivity contribution in [3.05, 3.63) is 257 Å². The zero-order chi connectivity index (χ0) is 94.6. The number of likely N-dealkylation sites (tertiary alicyclic amines) is 2. The normalized spacial score (nSPS) is 22.6. The van der Waals surface area contributed by atoms with Crippen LogP contribution >= 0.6 is 69.6 Å². The number of sulfone groups is 2. The highest BCUT2D eigenvalue weighted by Gasteiger charge is 2.72. The van der Waals surface area contributed by atoms with Crippen molar-refractivity contribution in [2.24, 2.45) is 40.4 Å². The molecule has 11 atom stereocenters. The predicted octanol–water partition coefficient (Wildman–Crippen LogP) is 22.9. The lowest BCUT2D eigenvalue weighted by molar-refractivity contribution is -0.158. The van der Waals surface area contributed by atoms with Gasteiger partial charge in [-0.25, -0.2) is 21.2 Å². The molecule has 8 aromatic rings. The second-order valence-corrected chi connectivity index (χ2v) is 45.8. The van der Waals surface area contributed by atoms with Crippen LogP contribution in [0.25, 0.3) is 0 Å². The lowest BCUT2D eigenvalue weighted by atomic mass is 9.55. The quantitative estimate of drug-likeness (QED) is 0.0349. The van der Waals surface area contributed by atoms with E-state index in [1.807, 2.05) is 135 Å². The third-order valence-electron chi connectivity index (χ3n) is 26.5. The predicted molar refractivity (Wildman–Crippen MR) is 515 cm³/mol. The summed E-state index contributed by atoms with van der Waals surface area (Å²) in [7, 11) is -7.07. The van der Waals surface area contributed by atoms with Crippen LogP contribution in [-0.4, -0.2) is 124 Å². The zero-order valence-corrected chi connectivity index (χ0v) is 82.1. The van der Waals surface area contributed by atoms with E-state index in [1.54, 1.807) is 149 Å². The molecule has 28 heteroatoms. The number of carbonyl (C=O) groups is 8. The molecule has 129 heavy (non-hydrogen) atoms. The molecular weight excluding hydrogens is 1800 g/mol. The molecule has 19 nitrogen and oxygen atoms in total. The van der Waals surface area contributed by atoms with Gasteiger partial charge in [0.1, 0.15) is 22.7 Å². The number of carbonyl (C=O) groups excluding carboxylic acids is 8. The zero-order valence-electron chi connectivity index (χ0n) is 75.9. The molecule has 1 aliphatic carbocycles. The fourth-order valence-electron chi connectivity index (χ4n) is 19.4. The summed E-state index contributed by atoms with van der Waals surface area (Å²) in [6, 6.07) is 46.3. The maximum atomic E-state index is 16.0. The van der Waals surface area contributed by atoms with E-state index in [2.05, 4.69) is 26.3 Å². The molecule has 1 saturated carbocycles. The summed E-state index contributed by atoms with van der Waals surface area (Å²) in [5.41, 5.74) is 2.34. The van der Waals surface area contributed by atoms with Crippen molar-refractivity contribution < 1.29 is 59.6 Å². The summed E-state index contributed by atoms with van der Waals surface area (Å²) < 4.78 is 69.5. The number of ketones is 3. The molecule has 690 valence electrons. The van der Waals surface area contributed by atoms with Crippen LogP contribution in [0, 0.1) is 46.2 Å². The summed E-state index contributed by atoms with van der Waals surface area (Å²) in [6.07, 6.45) is 6.06. The Morgan fingerprint density at radius 3 is 1.43 bits per heavy atom. The molecule has 13 rings (SSSR count). The smallest absolute Gasteiger partial charge is 0.242 e. The monoisotopic (exact) mass is 1910 g/mol. The van der Waals surface area contributed by atoms with Gasteiger partial charge in [0.2, 0.25) is 29.5 Å². The SMILES string of the molecule is CC(C)C(=O)C[C@@]1(C)C[C@H](c2cccc(Cl)c2)[C@@H](c2ccc(Cl)cc2)N([C@H](CS(=O)(=O)C(C)C)C(C)C)C1=O.CC(C)C(=O)c1ccc(NC(=O)C[C@@]2(C)C[C@H](c3cccc(Cl)c3)[C@@H](c3ccc(Cl)cc3)N([C@H](CS(=O)(=O)C(C)C)C(C)C)C2=O)cc1.CC(C)C(=O)c1ccc(NC(=O)[C@@H]2NC3(CCCCC3)[C@@]3(C(=O)Nc4cc(Cl)ccc43)[C@H]2c2cccc(Cl)c2F)cn1. The third kappa shape index (κ3) is 21.9. The Morgan fingerprint density at radius 1 is 0.512 bits per heavy atom. The number of piperidine rings is 2. The number of aromatic nitrogens is 1. The molecule has 0 unspecified atom stereocenters. The summed E-state index contributed by atoms with van der Waals surface area (Å²) >= 11 is 38.1. The average Bonchev–Trinajstić information content (AvgIpc) is 1.50. The van der Waals surface area contributed by atoms with E-state index < -0.39 is 99.8 Å². The standard InChI is InChI=1S/C38H46Cl2N2O5S.C32H31Cl2FN4O3.C31H41Cl2NO4S/c1-23(2)33(22-48(46,47)25(5)6)42-35(26-11-15-29(39)16-12-26)32(28-9-8-10-30(40)19-28)20-38(7,37(42)45)21-34(43)41-31-17-13-27(14-18-31)36(44)24(3)4;1-17(2)28(40)23-12-10-19(16-36-23)37-29(41)27-25(20-7-6-8-22(34)26(20)35)32(31(39-27)13-4-3-5-14-31)21-11-9-18(33)15-24(21)38-30(32)42;1-19(2)27(18-39(37,38)21(5)6)34-29(22-11-13-24(32)14-12-22)26(23-9-8-10-25(33)15-23)16-31(7,30(34)36)17-28(35)20(3)4/h8-19,23-25,32-33,35H,20-22H2,1-7H3,(H,41,43);6-12,15-17,25,27,39H,3-5,13-14H2,1-2H3,(H,37,41)(H,38,42);8-15,19-21,26-27,29H,16-18H2,1-7H3/t32-,33-,35-,38-;25-,27+,32+;26-,27-,29-,31-/m101/s1. The second kappa shape index (κ2) is 41.4. The van der Waals surface area contributed by atoms with Crippen LogP contribution in [0.3, 0.4) is 0 Å². The first-order valence-corrected chi connectivity index (χ1v) is 50.0. The van der Waals surface area contributed by atoms with Gasteiger partial charge in [0.15, 0.2) is 31.2 Å². The molecule has 2 spiro atoms. The van der Waals surface area contributed by atoms with Gasteiger partial charge in [-0.05, 0) is 202 Å². The van der Waals surface area contributed by atoms with Crippen LogP contribution in [0.15, 0.2) is 176 Å². The fourth-order valence-corrected chi connectivity index (χ4v) is 23.2. The van der Waals surface area contributed by atoms with Gasteiger partial charge >= 0.3 is 0 Å². The summed E-state index contributed by atoms with van der Waals surface area (Å²) in [5, 5.41) is 13.8. The molecule has 1 aromatic heterocycles. The summed E-state index contributed by atoms with van der Waals surface area (Å²) in [5.74, 6) is -5.15. The Kier molecular flexibility index (Phi) is 32.4. The van der Waals surface area contributed by atoms with Crippen molar-refractivity contribution in [3.63, 3.8) is 0 Å². The van der Waals surface area contributed by atoms with Gasteiger partial charge in [-0.15, -0.1) is 0 Å². The van der Waals surface area contributed by atoms with E-state index in [4.69, 9.17) is 69.6 Å². The Hall–Kier alpha value is -8.42. The number of nitrogens with one attached hydrogen (secondary N) is 4. The Labute approximate surface area is 789 Å². The third-order valence-corrected chi connectivity index (χ3v) is 32.5. The first-order chi connectivity index (χ1) is 60.6. The molecule has 0 radical (unpaired) electrons. The van der Waals surface area contributed by atoms with Crippen LogP contribution in [0.1, 0.15) is 253 Å². The van der Waals surface area contributed by atoms with Crippen molar-refractivity contribution in [2.75, 3.05) is 27.5 Å². The molecule has 3 saturated heterocycles. The van der Waals surface area contributed by atoms with Gasteiger partial charge in [0.05, 0.1) is 67.9 Å². The molecular formula is C101H118Cl6FN7O12S2. The van der Waals surface area contributed by atoms with Crippen LogP contribution in [0.4, 0.5) is 21.5 Å². The first kappa shape index (κ1) is 101. The topological polar surface area (TPSA) is 272 Å². The van der Waals surface area contributed by atoms with Gasteiger partial charge in [0.25, 0.3) is 0 Å². The first-order valence-electron chi connectivity index (χ1n) is 44.3. The number of fused-ring (bicyclic) bond motifs is 3. The highest BCUT2D eigenvalue weighted by Crippen LogP contribution is 2.64. The maximum Gasteiger partial charge on any atom is 0.242 e. The van der Waals surface area contributed by atoms with Gasteiger partial charge in [-0.2, -0.15) is 0 Å². The number of amides is 5. The highest BCUT2D eigenvalue weighted by atomic mass is 35.5. The van der Waals surface area contributed by atoms with Crippen molar-refractivity contribution >= 4 is 153 Å². The van der Waals surface area contributed by atoms with Gasteiger partial charge in [-0.3, -0.25) is 48.7 Å². The number of rotatable bonds is 27. The number of hydrogen-bond acceptors (Lipinski definition) is 14. The van der Waals surface area contributed by atoms with Crippen LogP contribution in [0.5, 0.6) is 0 Å². The molecule has 5 heterocycles. The fraction of sp³-hybridized carbons (Fsp3) is 0.455. The van der Waals surface area contributed by atoms with Crippen LogP contribution < -0.4 is 21.3 Å². The lowest BCUT2D eigenvalue weighted by Crippen LogP contribution is -2.60. The molecule has 4 aliphatic heterocycles. The largest absolute Gasteiger partial charge is 0.330 e. The van der Waals surface area contributed by atoms with Crippen LogP contribution in [0.2, 0.25) is 30.1 Å². The van der Waals surface area contributed by atoms with Crippen molar-refractivity contribution in [1.82, 2.24) is 20.1 Å². The number of anilines is 3. The molecule has 4 N–H and O–H groups in total. The average molecular weight is 1920 g/mol. The number of nitrogens with zero attached hydrogens (tertiary/aromatic N) is 3.